The zero-order chi connectivity index (χ0) is 12.5. The van der Waals surface area contributed by atoms with Crippen LogP contribution in [0.1, 0.15) is 52.4 Å². The fourth-order valence-electron chi connectivity index (χ4n) is 1.99. The van der Waals surface area contributed by atoms with E-state index in [1.54, 1.807) is 0 Å². The van der Waals surface area contributed by atoms with Gasteiger partial charge in [-0.15, -0.1) is 0 Å². The van der Waals surface area contributed by atoms with Gasteiger partial charge in [0.1, 0.15) is 0 Å². The Morgan fingerprint density at radius 1 is 1.18 bits per heavy atom. The van der Waals surface area contributed by atoms with Gasteiger partial charge in [-0.2, -0.15) is 0 Å². The molecule has 0 bridgehead atoms. The van der Waals surface area contributed by atoms with Crippen molar-refractivity contribution in [3.05, 3.63) is 29.3 Å². The predicted octanol–water partition coefficient (Wildman–Crippen LogP) is 5.50. The summed E-state index contributed by atoms with van der Waals surface area (Å²) in [6, 6.07) is 8.46. The van der Waals surface area contributed by atoms with E-state index < -0.39 is 0 Å². The Morgan fingerprint density at radius 3 is 2.65 bits per heavy atom. The molecule has 0 aliphatic heterocycles. The highest BCUT2D eigenvalue weighted by atomic mass is 35.5. The molecule has 0 aromatic heterocycles. The normalized spacial score (nSPS) is 12.4. The van der Waals surface area contributed by atoms with Crippen LogP contribution in [0.4, 0.5) is 5.69 Å². The van der Waals surface area contributed by atoms with Crippen molar-refractivity contribution >= 4 is 17.3 Å². The second kappa shape index (κ2) is 8.41. The standard InChI is InChI=1S/C15H24ClN/c1-3-4-5-6-7-9-13(2)17-15-11-8-10-14(16)12-15/h8,10-13,17H,3-7,9H2,1-2H3. The van der Waals surface area contributed by atoms with Gasteiger partial charge in [-0.25, -0.2) is 0 Å². The SMILES string of the molecule is CCCCCCCC(C)Nc1cccc(Cl)c1. The monoisotopic (exact) mass is 253 g/mol. The van der Waals surface area contributed by atoms with Crippen LogP contribution in [0, 0.1) is 0 Å². The fraction of sp³-hybridized carbons (Fsp3) is 0.600. The van der Waals surface area contributed by atoms with Gasteiger partial charge in [0.25, 0.3) is 0 Å². The van der Waals surface area contributed by atoms with E-state index >= 15 is 0 Å². The molecular weight excluding hydrogens is 230 g/mol. The maximum atomic E-state index is 5.95. The van der Waals surface area contributed by atoms with E-state index in [1.165, 1.54) is 38.5 Å². The maximum absolute atomic E-state index is 5.95. The maximum Gasteiger partial charge on any atom is 0.0426 e. The molecule has 0 saturated heterocycles. The van der Waals surface area contributed by atoms with Crippen molar-refractivity contribution < 1.29 is 0 Å². The number of halogens is 1. The summed E-state index contributed by atoms with van der Waals surface area (Å²) < 4.78 is 0. The van der Waals surface area contributed by atoms with Crippen LogP contribution >= 0.6 is 11.6 Å². The zero-order valence-corrected chi connectivity index (χ0v) is 11.8. The third-order valence-corrected chi connectivity index (χ3v) is 3.21. The van der Waals surface area contributed by atoms with E-state index in [0.29, 0.717) is 6.04 Å². The van der Waals surface area contributed by atoms with Crippen molar-refractivity contribution in [3.8, 4) is 0 Å². The van der Waals surface area contributed by atoms with Crippen molar-refractivity contribution in [2.75, 3.05) is 5.32 Å². The lowest BCUT2D eigenvalue weighted by Crippen LogP contribution is -2.14. The molecule has 0 fully saturated rings. The first kappa shape index (κ1) is 14.4. The second-order valence-electron chi connectivity index (χ2n) is 4.76. The molecule has 0 aliphatic rings. The van der Waals surface area contributed by atoms with Gasteiger partial charge < -0.3 is 5.32 Å². The molecule has 1 atom stereocenters. The van der Waals surface area contributed by atoms with Crippen LogP contribution in [0.2, 0.25) is 5.02 Å². The molecule has 17 heavy (non-hydrogen) atoms. The molecule has 1 N–H and O–H groups in total. The van der Waals surface area contributed by atoms with Crippen LogP contribution in [-0.2, 0) is 0 Å². The Bertz CT molecular complexity index is 312. The average molecular weight is 254 g/mol. The Balaban J connectivity index is 2.18. The van der Waals surface area contributed by atoms with Gasteiger partial charge in [-0.1, -0.05) is 56.7 Å². The van der Waals surface area contributed by atoms with Gasteiger partial charge >= 0.3 is 0 Å². The van der Waals surface area contributed by atoms with Gasteiger partial charge in [0.15, 0.2) is 0 Å². The molecule has 1 aromatic carbocycles. The summed E-state index contributed by atoms with van der Waals surface area (Å²) in [5.41, 5.74) is 1.12. The molecule has 0 spiro atoms. The summed E-state index contributed by atoms with van der Waals surface area (Å²) in [7, 11) is 0. The van der Waals surface area contributed by atoms with Crippen molar-refractivity contribution in [1.82, 2.24) is 0 Å². The van der Waals surface area contributed by atoms with Crippen LogP contribution < -0.4 is 5.32 Å². The quantitative estimate of drug-likeness (QED) is 0.603. The zero-order valence-electron chi connectivity index (χ0n) is 11.0. The third-order valence-electron chi connectivity index (χ3n) is 2.98. The summed E-state index contributed by atoms with van der Waals surface area (Å²) in [6.45, 7) is 4.49. The highest BCUT2D eigenvalue weighted by Gasteiger charge is 2.02. The van der Waals surface area contributed by atoms with Crippen LogP contribution in [-0.4, -0.2) is 6.04 Å². The van der Waals surface area contributed by atoms with E-state index in [1.807, 2.05) is 18.2 Å². The number of rotatable bonds is 8. The summed E-state index contributed by atoms with van der Waals surface area (Å²) in [4.78, 5) is 0. The Morgan fingerprint density at radius 2 is 1.94 bits per heavy atom. The lowest BCUT2D eigenvalue weighted by atomic mass is 10.1. The van der Waals surface area contributed by atoms with Crippen LogP contribution in [0.5, 0.6) is 0 Å². The molecule has 0 radical (unpaired) electrons. The first-order chi connectivity index (χ1) is 8.22. The van der Waals surface area contributed by atoms with Gasteiger partial charge in [0.2, 0.25) is 0 Å². The molecule has 1 rings (SSSR count). The van der Waals surface area contributed by atoms with E-state index in [-0.39, 0.29) is 0 Å². The highest BCUT2D eigenvalue weighted by Crippen LogP contribution is 2.17. The molecular formula is C15H24ClN. The van der Waals surface area contributed by atoms with E-state index in [2.05, 4.69) is 25.2 Å². The first-order valence-electron chi connectivity index (χ1n) is 6.74. The molecule has 1 aromatic rings. The summed E-state index contributed by atoms with van der Waals surface area (Å²) >= 11 is 5.95. The van der Waals surface area contributed by atoms with Crippen LogP contribution in [0.3, 0.4) is 0 Å². The van der Waals surface area contributed by atoms with E-state index in [0.717, 1.165) is 10.7 Å². The molecule has 0 saturated carbocycles. The van der Waals surface area contributed by atoms with E-state index in [9.17, 15) is 0 Å². The van der Waals surface area contributed by atoms with Crippen molar-refractivity contribution in [2.24, 2.45) is 0 Å². The van der Waals surface area contributed by atoms with Gasteiger partial charge in [0.05, 0.1) is 0 Å². The fourth-order valence-corrected chi connectivity index (χ4v) is 2.18. The predicted molar refractivity (Wildman–Crippen MR) is 77.9 cm³/mol. The first-order valence-corrected chi connectivity index (χ1v) is 7.12. The molecule has 1 unspecified atom stereocenters. The van der Waals surface area contributed by atoms with Crippen LogP contribution in [0.15, 0.2) is 24.3 Å². The lowest BCUT2D eigenvalue weighted by Gasteiger charge is -2.15. The number of benzene rings is 1. The summed E-state index contributed by atoms with van der Waals surface area (Å²) in [6.07, 6.45) is 7.97. The summed E-state index contributed by atoms with van der Waals surface area (Å²) in [5, 5.41) is 4.29. The topological polar surface area (TPSA) is 12.0 Å². The van der Waals surface area contributed by atoms with Gasteiger partial charge in [-0.3, -0.25) is 0 Å². The number of anilines is 1. The van der Waals surface area contributed by atoms with Gasteiger partial charge in [0, 0.05) is 16.8 Å². The number of hydrogen-bond donors (Lipinski definition) is 1. The third kappa shape index (κ3) is 6.58. The van der Waals surface area contributed by atoms with Gasteiger partial charge in [-0.05, 0) is 31.5 Å². The molecule has 0 amide bonds. The smallest absolute Gasteiger partial charge is 0.0426 e. The number of unbranched alkanes of at least 4 members (excludes halogenated alkanes) is 4. The van der Waals surface area contributed by atoms with Crippen molar-refractivity contribution in [1.29, 1.82) is 0 Å². The minimum Gasteiger partial charge on any atom is -0.383 e. The molecule has 96 valence electrons. The van der Waals surface area contributed by atoms with Crippen molar-refractivity contribution in [3.63, 3.8) is 0 Å². The molecule has 2 heteroatoms. The highest BCUT2D eigenvalue weighted by molar-refractivity contribution is 6.30. The number of hydrogen-bond acceptors (Lipinski definition) is 1. The lowest BCUT2D eigenvalue weighted by molar-refractivity contribution is 0.578. The second-order valence-corrected chi connectivity index (χ2v) is 5.20. The van der Waals surface area contributed by atoms with E-state index in [4.69, 9.17) is 11.6 Å². The number of nitrogens with one attached hydrogen (secondary N) is 1. The Labute approximate surface area is 111 Å². The molecule has 0 aliphatic carbocycles. The largest absolute Gasteiger partial charge is 0.383 e. The summed E-state index contributed by atoms with van der Waals surface area (Å²) in [5.74, 6) is 0. The minimum atomic E-state index is 0.523. The minimum absolute atomic E-state index is 0.523. The average Bonchev–Trinajstić information content (AvgIpc) is 2.29. The van der Waals surface area contributed by atoms with Crippen molar-refractivity contribution in [2.45, 2.75) is 58.4 Å². The Hall–Kier alpha value is -0.690. The molecule has 0 heterocycles. The Kier molecular flexibility index (Phi) is 7.11. The van der Waals surface area contributed by atoms with Crippen LogP contribution in [0.25, 0.3) is 0 Å². The molecule has 1 nitrogen and oxygen atoms in total.